The van der Waals surface area contributed by atoms with E-state index in [-0.39, 0.29) is 5.78 Å². The number of nitrogens with zero attached hydrogens (tertiary/aromatic N) is 1. The number of aromatic nitrogens is 1. The number of pyridine rings is 1. The van der Waals surface area contributed by atoms with Crippen LogP contribution in [0.15, 0.2) is 84.9 Å². The van der Waals surface area contributed by atoms with Crippen molar-refractivity contribution < 1.29 is 4.79 Å². The number of hydrogen-bond acceptors (Lipinski definition) is 2. The Morgan fingerprint density at radius 2 is 1.48 bits per heavy atom. The van der Waals surface area contributed by atoms with Crippen LogP contribution < -0.4 is 0 Å². The summed E-state index contributed by atoms with van der Waals surface area (Å²) >= 11 is 6.40. The fraction of sp³-hybridized carbons (Fsp3) is 0. The van der Waals surface area contributed by atoms with Crippen LogP contribution in [0.1, 0.15) is 15.9 Å². The number of benzene rings is 3. The molecule has 0 N–H and O–H groups in total. The number of carbonyl (C=O) groups excluding carboxylic acids is 1. The third-order valence-electron chi connectivity index (χ3n) is 4.13. The predicted octanol–water partition coefficient (Wildman–Crippen LogP) is 5.79. The molecule has 0 aliphatic carbocycles. The molecule has 0 bridgehead atoms. The van der Waals surface area contributed by atoms with Crippen LogP contribution >= 0.6 is 11.6 Å². The lowest BCUT2D eigenvalue weighted by Gasteiger charge is -2.11. The monoisotopic (exact) mass is 343 g/mol. The van der Waals surface area contributed by atoms with Crippen LogP contribution in [0.5, 0.6) is 0 Å². The zero-order valence-electron chi connectivity index (χ0n) is 13.3. The summed E-state index contributed by atoms with van der Waals surface area (Å²) in [6, 6.07) is 26.4. The van der Waals surface area contributed by atoms with Gasteiger partial charge in [-0.15, -0.1) is 0 Å². The van der Waals surface area contributed by atoms with Crippen LogP contribution in [-0.4, -0.2) is 10.8 Å². The number of ketones is 1. The van der Waals surface area contributed by atoms with Gasteiger partial charge >= 0.3 is 0 Å². The van der Waals surface area contributed by atoms with Crippen LogP contribution in [0.2, 0.25) is 5.02 Å². The van der Waals surface area contributed by atoms with Gasteiger partial charge in [-0.25, -0.2) is 4.98 Å². The molecule has 0 atom stereocenters. The molecule has 0 saturated carbocycles. The third-order valence-corrected chi connectivity index (χ3v) is 4.45. The van der Waals surface area contributed by atoms with Crippen molar-refractivity contribution in [3.05, 3.63) is 101 Å². The molecular formula is C22H14ClNO. The van der Waals surface area contributed by atoms with Crippen LogP contribution in [0, 0.1) is 0 Å². The van der Waals surface area contributed by atoms with Crippen molar-refractivity contribution in [3.8, 4) is 11.3 Å². The summed E-state index contributed by atoms with van der Waals surface area (Å²) in [6.07, 6.45) is 0. The summed E-state index contributed by atoms with van der Waals surface area (Å²) < 4.78 is 0. The van der Waals surface area contributed by atoms with Crippen molar-refractivity contribution >= 4 is 28.3 Å². The minimum Gasteiger partial charge on any atom is -0.289 e. The van der Waals surface area contributed by atoms with Gasteiger partial charge in [-0.05, 0) is 18.2 Å². The highest BCUT2D eigenvalue weighted by Crippen LogP contribution is 2.31. The Morgan fingerprint density at radius 3 is 2.20 bits per heavy atom. The van der Waals surface area contributed by atoms with Gasteiger partial charge in [0.2, 0.25) is 0 Å². The van der Waals surface area contributed by atoms with E-state index in [0.29, 0.717) is 27.1 Å². The fourth-order valence-electron chi connectivity index (χ4n) is 2.92. The molecule has 0 unspecified atom stereocenters. The van der Waals surface area contributed by atoms with E-state index in [1.54, 1.807) is 6.07 Å². The zero-order chi connectivity index (χ0) is 17.2. The van der Waals surface area contributed by atoms with Gasteiger partial charge in [-0.1, -0.05) is 78.3 Å². The Morgan fingerprint density at radius 1 is 0.800 bits per heavy atom. The Labute approximate surface area is 150 Å². The van der Waals surface area contributed by atoms with E-state index in [9.17, 15) is 4.79 Å². The van der Waals surface area contributed by atoms with E-state index in [4.69, 9.17) is 16.6 Å². The molecule has 25 heavy (non-hydrogen) atoms. The highest BCUT2D eigenvalue weighted by molar-refractivity contribution is 6.37. The molecule has 0 aliphatic rings. The Hall–Kier alpha value is -2.97. The average molecular weight is 344 g/mol. The molecule has 0 spiro atoms. The number of halogens is 1. The van der Waals surface area contributed by atoms with Crippen molar-refractivity contribution in [2.45, 2.75) is 0 Å². The number of hydrogen-bond donors (Lipinski definition) is 0. The van der Waals surface area contributed by atoms with Gasteiger partial charge in [0.1, 0.15) is 0 Å². The molecule has 1 heterocycles. The lowest BCUT2D eigenvalue weighted by atomic mass is 9.97. The van der Waals surface area contributed by atoms with Crippen LogP contribution in [0.4, 0.5) is 0 Å². The number of fused-ring (bicyclic) bond motifs is 1. The molecule has 120 valence electrons. The van der Waals surface area contributed by atoms with E-state index < -0.39 is 0 Å². The summed E-state index contributed by atoms with van der Waals surface area (Å²) in [5.74, 6) is -0.0571. The maximum atomic E-state index is 13.1. The molecular weight excluding hydrogens is 330 g/mol. The second-order valence-corrected chi connectivity index (χ2v) is 6.16. The van der Waals surface area contributed by atoms with Crippen molar-refractivity contribution in [3.63, 3.8) is 0 Å². The second kappa shape index (κ2) is 6.50. The third kappa shape index (κ3) is 2.92. The van der Waals surface area contributed by atoms with E-state index in [0.717, 1.165) is 11.3 Å². The maximum absolute atomic E-state index is 13.1. The molecule has 2 nitrogen and oxygen atoms in total. The molecule has 3 heteroatoms. The fourth-order valence-corrected chi connectivity index (χ4v) is 3.20. The number of carbonyl (C=O) groups is 1. The number of rotatable bonds is 3. The first-order valence-electron chi connectivity index (χ1n) is 7.98. The first-order chi connectivity index (χ1) is 12.2. The molecule has 3 aromatic carbocycles. The molecule has 0 aliphatic heterocycles. The molecule has 0 amide bonds. The van der Waals surface area contributed by atoms with Gasteiger partial charge in [-0.2, -0.15) is 0 Å². The minimum atomic E-state index is -0.0571. The SMILES string of the molecule is O=C(c1ccccc1)c1cc(-c2ccccc2)nc2cccc(Cl)c12. The molecule has 0 fully saturated rings. The smallest absolute Gasteiger partial charge is 0.193 e. The first kappa shape index (κ1) is 15.6. The van der Waals surface area contributed by atoms with E-state index in [1.165, 1.54) is 0 Å². The van der Waals surface area contributed by atoms with Crippen LogP contribution in [0.25, 0.3) is 22.2 Å². The highest BCUT2D eigenvalue weighted by atomic mass is 35.5. The standard InChI is InChI=1S/C22H14ClNO/c23-18-12-7-13-19-21(18)17(22(25)16-10-5-2-6-11-16)14-20(24-19)15-8-3-1-4-9-15/h1-14H. The lowest BCUT2D eigenvalue weighted by molar-refractivity contribution is 0.104. The average Bonchev–Trinajstić information content (AvgIpc) is 2.68. The maximum Gasteiger partial charge on any atom is 0.193 e. The van der Waals surface area contributed by atoms with Crippen molar-refractivity contribution in [1.82, 2.24) is 4.98 Å². The van der Waals surface area contributed by atoms with Gasteiger partial charge < -0.3 is 0 Å². The van der Waals surface area contributed by atoms with E-state index in [1.807, 2.05) is 78.9 Å². The van der Waals surface area contributed by atoms with Gasteiger partial charge in [-0.3, -0.25) is 4.79 Å². The summed E-state index contributed by atoms with van der Waals surface area (Å²) in [7, 11) is 0. The molecule has 4 aromatic rings. The normalized spacial score (nSPS) is 10.8. The van der Waals surface area contributed by atoms with Gasteiger partial charge in [0.25, 0.3) is 0 Å². The van der Waals surface area contributed by atoms with Gasteiger partial charge in [0.15, 0.2) is 5.78 Å². The van der Waals surface area contributed by atoms with E-state index >= 15 is 0 Å². The second-order valence-electron chi connectivity index (χ2n) is 5.75. The molecule has 4 rings (SSSR count). The molecule has 1 aromatic heterocycles. The lowest BCUT2D eigenvalue weighted by Crippen LogP contribution is -2.04. The first-order valence-corrected chi connectivity index (χ1v) is 8.36. The van der Waals surface area contributed by atoms with Crippen molar-refractivity contribution in [2.75, 3.05) is 0 Å². The summed E-state index contributed by atoms with van der Waals surface area (Å²) in [6.45, 7) is 0. The highest BCUT2D eigenvalue weighted by Gasteiger charge is 2.17. The van der Waals surface area contributed by atoms with Gasteiger partial charge in [0, 0.05) is 22.1 Å². The predicted molar refractivity (Wildman–Crippen MR) is 102 cm³/mol. The van der Waals surface area contributed by atoms with Crippen molar-refractivity contribution in [1.29, 1.82) is 0 Å². The zero-order valence-corrected chi connectivity index (χ0v) is 14.1. The van der Waals surface area contributed by atoms with Crippen molar-refractivity contribution in [2.24, 2.45) is 0 Å². The van der Waals surface area contributed by atoms with Crippen LogP contribution in [0.3, 0.4) is 0 Å². The minimum absolute atomic E-state index is 0.0571. The van der Waals surface area contributed by atoms with Crippen LogP contribution in [-0.2, 0) is 0 Å². The largest absolute Gasteiger partial charge is 0.289 e. The summed E-state index contributed by atoms with van der Waals surface area (Å²) in [5, 5.41) is 1.22. The summed E-state index contributed by atoms with van der Waals surface area (Å²) in [4.78, 5) is 17.8. The topological polar surface area (TPSA) is 30.0 Å². The molecule has 0 saturated heterocycles. The quantitative estimate of drug-likeness (QED) is 0.441. The Balaban J connectivity index is 1.99. The molecule has 0 radical (unpaired) electrons. The van der Waals surface area contributed by atoms with E-state index in [2.05, 4.69) is 0 Å². The Kier molecular flexibility index (Phi) is 4.04. The summed E-state index contributed by atoms with van der Waals surface area (Å²) in [5.41, 5.74) is 3.64. The van der Waals surface area contributed by atoms with Gasteiger partial charge in [0.05, 0.1) is 16.2 Å². The Bertz CT molecular complexity index is 1060.